The first-order valence-corrected chi connectivity index (χ1v) is 6.08. The SMILES string of the molecule is CN(C)c1ncncc1NC(=O)Cc1cccc(F)c1. The molecule has 1 heterocycles. The third kappa shape index (κ3) is 3.50. The number of halogens is 1. The van der Waals surface area contributed by atoms with Crippen molar-refractivity contribution in [1.29, 1.82) is 0 Å². The van der Waals surface area contributed by atoms with Crippen LogP contribution in [0.1, 0.15) is 5.56 Å². The van der Waals surface area contributed by atoms with E-state index in [4.69, 9.17) is 0 Å². The van der Waals surface area contributed by atoms with E-state index in [0.29, 0.717) is 17.1 Å². The Bertz CT molecular complexity index is 616. The van der Waals surface area contributed by atoms with Crippen molar-refractivity contribution < 1.29 is 9.18 Å². The van der Waals surface area contributed by atoms with E-state index in [1.54, 1.807) is 17.0 Å². The maximum atomic E-state index is 13.1. The van der Waals surface area contributed by atoms with Crippen molar-refractivity contribution in [2.75, 3.05) is 24.3 Å². The summed E-state index contributed by atoms with van der Waals surface area (Å²) in [6.45, 7) is 0. The molecule has 1 amide bonds. The van der Waals surface area contributed by atoms with Crippen LogP contribution in [0.4, 0.5) is 15.9 Å². The standard InChI is InChI=1S/C14H15FN4O/c1-19(2)14-12(8-16-9-17-14)18-13(20)7-10-4-3-5-11(15)6-10/h3-6,8-9H,7H2,1-2H3,(H,18,20). The summed E-state index contributed by atoms with van der Waals surface area (Å²) >= 11 is 0. The number of carbonyl (C=O) groups is 1. The predicted molar refractivity (Wildman–Crippen MR) is 75.1 cm³/mol. The molecule has 0 spiro atoms. The summed E-state index contributed by atoms with van der Waals surface area (Å²) in [5.74, 6) is 0.0217. The molecule has 0 unspecified atom stereocenters. The maximum absolute atomic E-state index is 13.1. The van der Waals surface area contributed by atoms with E-state index in [1.807, 2.05) is 14.1 Å². The lowest BCUT2D eigenvalue weighted by Gasteiger charge is -2.15. The summed E-state index contributed by atoms with van der Waals surface area (Å²) in [7, 11) is 3.65. The third-order valence-electron chi connectivity index (χ3n) is 2.64. The molecular formula is C14H15FN4O. The number of hydrogen-bond acceptors (Lipinski definition) is 4. The minimum atomic E-state index is -0.354. The molecule has 0 fully saturated rings. The predicted octanol–water partition coefficient (Wildman–Crippen LogP) is 1.86. The van der Waals surface area contributed by atoms with Gasteiger partial charge >= 0.3 is 0 Å². The number of carbonyl (C=O) groups excluding carboxylic acids is 1. The van der Waals surface area contributed by atoms with E-state index in [0.717, 1.165) is 0 Å². The molecule has 0 bridgehead atoms. The molecule has 0 saturated heterocycles. The van der Waals surface area contributed by atoms with Gasteiger partial charge in [-0.3, -0.25) is 4.79 Å². The molecule has 0 saturated carbocycles. The largest absolute Gasteiger partial charge is 0.361 e. The number of anilines is 2. The van der Waals surface area contributed by atoms with E-state index in [-0.39, 0.29) is 18.1 Å². The summed E-state index contributed by atoms with van der Waals surface area (Å²) < 4.78 is 13.1. The van der Waals surface area contributed by atoms with Gasteiger partial charge < -0.3 is 10.2 Å². The lowest BCUT2D eigenvalue weighted by molar-refractivity contribution is -0.115. The van der Waals surface area contributed by atoms with Gasteiger partial charge in [0.2, 0.25) is 5.91 Å². The fourth-order valence-corrected chi connectivity index (χ4v) is 1.79. The topological polar surface area (TPSA) is 58.1 Å². The Hall–Kier alpha value is -2.50. The summed E-state index contributed by atoms with van der Waals surface area (Å²) in [5.41, 5.74) is 1.14. The van der Waals surface area contributed by atoms with Crippen molar-refractivity contribution in [1.82, 2.24) is 9.97 Å². The highest BCUT2D eigenvalue weighted by atomic mass is 19.1. The molecule has 2 rings (SSSR count). The number of amides is 1. The monoisotopic (exact) mass is 274 g/mol. The van der Waals surface area contributed by atoms with Crippen molar-refractivity contribution in [3.05, 3.63) is 48.2 Å². The molecule has 0 aliphatic rings. The highest BCUT2D eigenvalue weighted by molar-refractivity contribution is 5.94. The Morgan fingerprint density at radius 1 is 1.40 bits per heavy atom. The van der Waals surface area contributed by atoms with E-state index in [9.17, 15) is 9.18 Å². The molecule has 1 aromatic heterocycles. The fraction of sp³-hybridized carbons (Fsp3) is 0.214. The summed E-state index contributed by atoms with van der Waals surface area (Å²) in [6, 6.07) is 5.97. The summed E-state index contributed by atoms with van der Waals surface area (Å²) in [6.07, 6.45) is 3.04. The van der Waals surface area contributed by atoms with Gasteiger partial charge in [-0.25, -0.2) is 14.4 Å². The number of nitrogens with one attached hydrogen (secondary N) is 1. The zero-order chi connectivity index (χ0) is 14.5. The van der Waals surface area contributed by atoms with Crippen molar-refractivity contribution in [3.63, 3.8) is 0 Å². The zero-order valence-corrected chi connectivity index (χ0v) is 11.3. The first-order chi connectivity index (χ1) is 9.56. The number of hydrogen-bond donors (Lipinski definition) is 1. The van der Waals surface area contributed by atoms with Gasteiger partial charge in [0.25, 0.3) is 0 Å². The van der Waals surface area contributed by atoms with Gasteiger partial charge in [-0.15, -0.1) is 0 Å². The minimum Gasteiger partial charge on any atom is -0.361 e. The molecule has 0 radical (unpaired) electrons. The van der Waals surface area contributed by atoms with Gasteiger partial charge in [-0.1, -0.05) is 12.1 Å². The van der Waals surface area contributed by atoms with Crippen LogP contribution in [0.25, 0.3) is 0 Å². The number of aromatic nitrogens is 2. The van der Waals surface area contributed by atoms with Crippen molar-refractivity contribution >= 4 is 17.4 Å². The second kappa shape index (κ2) is 6.10. The van der Waals surface area contributed by atoms with E-state index >= 15 is 0 Å². The van der Waals surface area contributed by atoms with Gasteiger partial charge in [0.15, 0.2) is 5.82 Å². The molecule has 5 nitrogen and oxygen atoms in total. The fourth-order valence-electron chi connectivity index (χ4n) is 1.79. The average molecular weight is 274 g/mol. The van der Waals surface area contributed by atoms with Gasteiger partial charge in [-0.05, 0) is 17.7 Å². The molecule has 0 aliphatic carbocycles. The average Bonchev–Trinajstić information content (AvgIpc) is 2.38. The molecule has 6 heteroatoms. The lowest BCUT2D eigenvalue weighted by Crippen LogP contribution is -2.19. The normalized spacial score (nSPS) is 10.2. The van der Waals surface area contributed by atoms with Crippen LogP contribution in [0.15, 0.2) is 36.8 Å². The highest BCUT2D eigenvalue weighted by Gasteiger charge is 2.10. The molecule has 2 aromatic rings. The van der Waals surface area contributed by atoms with E-state index < -0.39 is 0 Å². The molecular weight excluding hydrogens is 259 g/mol. The number of rotatable bonds is 4. The second-order valence-corrected chi connectivity index (χ2v) is 4.51. The minimum absolute atomic E-state index is 0.0967. The molecule has 104 valence electrons. The molecule has 0 atom stereocenters. The number of nitrogens with zero attached hydrogens (tertiary/aromatic N) is 3. The van der Waals surface area contributed by atoms with Gasteiger partial charge in [-0.2, -0.15) is 0 Å². The van der Waals surface area contributed by atoms with Crippen LogP contribution in [0.3, 0.4) is 0 Å². The van der Waals surface area contributed by atoms with Crippen molar-refractivity contribution in [2.24, 2.45) is 0 Å². The molecule has 1 aromatic carbocycles. The Morgan fingerprint density at radius 2 is 2.20 bits per heavy atom. The Morgan fingerprint density at radius 3 is 2.90 bits per heavy atom. The van der Waals surface area contributed by atoms with E-state index in [2.05, 4.69) is 15.3 Å². The van der Waals surface area contributed by atoms with E-state index in [1.165, 1.54) is 24.7 Å². The van der Waals surface area contributed by atoms with Crippen LogP contribution in [-0.2, 0) is 11.2 Å². The van der Waals surface area contributed by atoms with Crippen molar-refractivity contribution in [2.45, 2.75) is 6.42 Å². The van der Waals surface area contributed by atoms with Crippen LogP contribution in [0.5, 0.6) is 0 Å². The van der Waals surface area contributed by atoms with Gasteiger partial charge in [0.05, 0.1) is 12.6 Å². The van der Waals surface area contributed by atoms with Crippen LogP contribution >= 0.6 is 0 Å². The second-order valence-electron chi connectivity index (χ2n) is 4.51. The Labute approximate surface area is 116 Å². The Balaban J connectivity index is 2.09. The molecule has 0 aliphatic heterocycles. The highest BCUT2D eigenvalue weighted by Crippen LogP contribution is 2.19. The first-order valence-electron chi connectivity index (χ1n) is 6.08. The summed E-state index contributed by atoms with van der Waals surface area (Å²) in [4.78, 5) is 21.7. The van der Waals surface area contributed by atoms with Crippen LogP contribution < -0.4 is 10.2 Å². The van der Waals surface area contributed by atoms with Crippen LogP contribution in [0, 0.1) is 5.82 Å². The smallest absolute Gasteiger partial charge is 0.228 e. The third-order valence-corrected chi connectivity index (χ3v) is 2.64. The zero-order valence-electron chi connectivity index (χ0n) is 11.3. The maximum Gasteiger partial charge on any atom is 0.228 e. The lowest BCUT2D eigenvalue weighted by atomic mass is 10.1. The number of benzene rings is 1. The van der Waals surface area contributed by atoms with Crippen LogP contribution in [0.2, 0.25) is 0 Å². The van der Waals surface area contributed by atoms with Crippen molar-refractivity contribution in [3.8, 4) is 0 Å². The molecule has 1 N–H and O–H groups in total. The van der Waals surface area contributed by atoms with Gasteiger partial charge in [0.1, 0.15) is 17.8 Å². The first kappa shape index (κ1) is 13.9. The van der Waals surface area contributed by atoms with Gasteiger partial charge in [0, 0.05) is 14.1 Å². The Kier molecular flexibility index (Phi) is 4.24. The van der Waals surface area contributed by atoms with Crippen LogP contribution in [-0.4, -0.2) is 30.0 Å². The molecule has 20 heavy (non-hydrogen) atoms. The quantitative estimate of drug-likeness (QED) is 0.924. The summed E-state index contributed by atoms with van der Waals surface area (Å²) in [5, 5.41) is 2.73.